The Kier molecular flexibility index (Phi) is 17.9. The molecule has 5 aromatic heterocycles. The lowest BCUT2D eigenvalue weighted by atomic mass is 9.69. The fraction of sp³-hybridized carbons (Fsp3) is 0.450. The molecule has 5 heteroatoms. The van der Waals surface area contributed by atoms with Gasteiger partial charge in [-0.25, -0.2) is 22.8 Å². The molecular formula is C100H124N5+5. The van der Waals surface area contributed by atoms with Crippen LogP contribution in [0.1, 0.15) is 265 Å². The smallest absolute Gasteiger partial charge is 0.201 e. The molecule has 0 N–H and O–H groups in total. The van der Waals surface area contributed by atoms with E-state index in [1.54, 1.807) is 11.1 Å². The molecule has 18 rings (SSSR count). The molecule has 8 aliphatic rings. The topological polar surface area (TPSA) is 19.4 Å². The van der Waals surface area contributed by atoms with E-state index in [9.17, 15) is 1.37 Å². The van der Waals surface area contributed by atoms with Gasteiger partial charge in [-0.2, -0.15) is 0 Å². The summed E-state index contributed by atoms with van der Waals surface area (Å²) in [7, 11) is 10.8. The number of aromatic nitrogens is 5. The third-order valence-corrected chi connectivity index (χ3v) is 28.4. The summed E-state index contributed by atoms with van der Waals surface area (Å²) in [6.45, 7) is 44.3. The highest BCUT2D eigenvalue weighted by Gasteiger charge is 2.62. The van der Waals surface area contributed by atoms with Crippen molar-refractivity contribution in [3.63, 3.8) is 0 Å². The number of rotatable bonds is 5. The molecule has 6 atom stereocenters. The standard InChI is InChI=1S/2C21H26N.2C20H26N.C18H20N/c2*1-14-8-6-7-9-15(14)19-12-16-17-10-11-21(4,20(17,2)3)18(16)13-22(19)5;1-14-9-7-8-10-15(14)18-11-16-17(12-21(18)6)20(4,5)13-19(16,2)3;1-14-9-7-8-10-15(14)18-17-16(11-12-21(18)6)19(2,3)13-20(17,4)5;1-12-5-3-4-6-15(12)18-10-16-13-7-8-14(9-13)17(16)11-19(18)2/h2*6-9,12-13,17H,10-11H2,1-5H3;2*7-12H,13H2,1-6H3;3-6,10-11,13-14H,7-9H2,1-2H3/q5*+1/i17D;;;;13D. The Morgan fingerprint density at radius 2 is 0.733 bits per heavy atom. The van der Waals surface area contributed by atoms with Gasteiger partial charge in [0.1, 0.15) is 35.2 Å². The maximum Gasteiger partial charge on any atom is 0.216 e. The van der Waals surface area contributed by atoms with Gasteiger partial charge < -0.3 is 0 Å². The monoisotopic (exact) mass is 1400 g/mol. The lowest BCUT2D eigenvalue weighted by Crippen LogP contribution is -2.36. The highest BCUT2D eigenvalue weighted by molar-refractivity contribution is 5.70. The normalized spacial score (nSPS) is 25.1. The zero-order valence-electron chi connectivity index (χ0n) is 70.6. The number of benzene rings is 5. The first-order chi connectivity index (χ1) is 50.1. The third kappa shape index (κ3) is 12.2. The second-order valence-electron chi connectivity index (χ2n) is 37.6. The first kappa shape index (κ1) is 71.1. The predicted octanol–water partition coefficient (Wildman–Crippen LogP) is 22.1. The Morgan fingerprint density at radius 1 is 0.343 bits per heavy atom. The van der Waals surface area contributed by atoms with Gasteiger partial charge in [0.15, 0.2) is 31.0 Å². The van der Waals surface area contributed by atoms with Crippen LogP contribution < -0.4 is 22.8 Å². The van der Waals surface area contributed by atoms with Crippen LogP contribution in [0.15, 0.2) is 183 Å². The van der Waals surface area contributed by atoms with E-state index in [-0.39, 0.29) is 38.4 Å². The molecule has 6 unspecified atom stereocenters. The van der Waals surface area contributed by atoms with Gasteiger partial charge in [-0.1, -0.05) is 188 Å². The van der Waals surface area contributed by atoms with Gasteiger partial charge in [0.2, 0.25) is 28.5 Å². The molecule has 6 bridgehead atoms. The van der Waals surface area contributed by atoms with Gasteiger partial charge in [0.25, 0.3) is 0 Å². The quantitative estimate of drug-likeness (QED) is 0.153. The van der Waals surface area contributed by atoms with Crippen LogP contribution in [0, 0.1) is 45.4 Å². The van der Waals surface area contributed by atoms with Gasteiger partial charge in [0, 0.05) is 99.5 Å². The Morgan fingerprint density at radius 3 is 1.24 bits per heavy atom. The van der Waals surface area contributed by atoms with Crippen LogP contribution >= 0.6 is 0 Å². The van der Waals surface area contributed by atoms with Crippen molar-refractivity contribution in [1.82, 2.24) is 0 Å². The molecular weight excluding hydrogens is 1270 g/mol. The van der Waals surface area contributed by atoms with E-state index in [0.717, 1.165) is 31.6 Å². The largest absolute Gasteiger partial charge is 0.216 e. The molecule has 8 aliphatic carbocycles. The van der Waals surface area contributed by atoms with Gasteiger partial charge in [-0.05, 0) is 234 Å². The summed E-state index contributed by atoms with van der Waals surface area (Å²) >= 11 is 0. The Hall–Kier alpha value is -8.15. The van der Waals surface area contributed by atoms with E-state index >= 15 is 0 Å². The van der Waals surface area contributed by atoms with E-state index in [1.165, 1.54) is 161 Å². The van der Waals surface area contributed by atoms with Crippen LogP contribution in [-0.2, 0) is 67.7 Å². The predicted molar refractivity (Wildman–Crippen MR) is 436 cm³/mol. The van der Waals surface area contributed by atoms with Crippen LogP contribution in [-0.4, -0.2) is 0 Å². The van der Waals surface area contributed by atoms with Gasteiger partial charge in [0.05, 0.1) is 0 Å². The molecule has 0 amide bonds. The molecule has 0 radical (unpaired) electrons. The SMILES string of the molecule is Cc1ccccc1-c1c2c(cc[n+]1C)C(C)(C)CC2(C)C.Cc1ccccc1-c1cc2c(c[n+]1C)C(C)(C)CC2(C)C.Cc1ccccc1-c1cc2c(c[n+]1C)C1(C)CCC2C1(C)C.[2H]C12CCC(C)(c3c[n+](C)c(-c4ccccc4C)cc31)C2(C)C.[2H]C12CCC(C1)c1c[n+](C)c(-c3ccccc3C)cc12. The van der Waals surface area contributed by atoms with Crippen LogP contribution in [0.2, 0.25) is 0 Å². The van der Waals surface area contributed by atoms with Crippen molar-refractivity contribution in [1.29, 1.82) is 0 Å². The van der Waals surface area contributed by atoms with Gasteiger partial charge in [-0.15, -0.1) is 0 Å². The number of nitrogens with zero attached hydrogens (tertiary/aromatic N) is 5. The fourth-order valence-corrected chi connectivity index (χ4v) is 22.1. The van der Waals surface area contributed by atoms with Gasteiger partial charge >= 0.3 is 0 Å². The lowest BCUT2D eigenvalue weighted by molar-refractivity contribution is -0.661. The number of hydrogen-bond donors (Lipinski definition) is 0. The average Bonchev–Trinajstić information content (AvgIpc) is 1.51. The van der Waals surface area contributed by atoms with E-state index in [0.29, 0.717) is 16.7 Å². The molecule has 5 nitrogen and oxygen atoms in total. The Labute approximate surface area is 635 Å². The first-order valence-corrected chi connectivity index (χ1v) is 39.6. The highest BCUT2D eigenvalue weighted by Crippen LogP contribution is 2.69. The third-order valence-electron chi connectivity index (χ3n) is 28.4. The highest BCUT2D eigenvalue weighted by atomic mass is 15.0. The fourth-order valence-electron chi connectivity index (χ4n) is 22.1. The number of fused-ring (bicyclic) bond motifs is 17. The summed E-state index contributed by atoms with van der Waals surface area (Å²) in [6.07, 6.45) is 22.0. The lowest BCUT2D eigenvalue weighted by Gasteiger charge is -2.34. The Balaban J connectivity index is 0.000000112. The van der Waals surface area contributed by atoms with Crippen molar-refractivity contribution in [3.05, 3.63) is 266 Å². The molecule has 5 aromatic carbocycles. The average molecular weight is 1400 g/mol. The number of pyridine rings is 5. The first-order valence-electron chi connectivity index (χ1n) is 40.6. The minimum atomic E-state index is -0.456. The van der Waals surface area contributed by atoms with E-state index < -0.39 is 5.89 Å². The summed E-state index contributed by atoms with van der Waals surface area (Å²) in [5, 5.41) is 0. The van der Waals surface area contributed by atoms with Crippen molar-refractivity contribution in [2.24, 2.45) is 46.1 Å². The summed E-state index contributed by atoms with van der Waals surface area (Å²) in [6, 6.07) is 55.0. The van der Waals surface area contributed by atoms with Crippen LogP contribution in [0.4, 0.5) is 0 Å². The second-order valence-corrected chi connectivity index (χ2v) is 37.6. The summed E-state index contributed by atoms with van der Waals surface area (Å²) in [5.41, 5.74) is 36.2. The van der Waals surface area contributed by atoms with Crippen LogP contribution in [0.25, 0.3) is 56.3 Å². The molecule has 105 heavy (non-hydrogen) atoms. The van der Waals surface area contributed by atoms with Crippen molar-refractivity contribution in [2.75, 3.05) is 0 Å². The molecule has 0 spiro atoms. The number of hydrogen-bond acceptors (Lipinski definition) is 0. The summed E-state index contributed by atoms with van der Waals surface area (Å²) in [5.74, 6) is 0.574. The maximum absolute atomic E-state index is 9.25. The zero-order valence-corrected chi connectivity index (χ0v) is 68.6. The molecule has 544 valence electrons. The van der Waals surface area contributed by atoms with E-state index in [4.69, 9.17) is 1.37 Å². The molecule has 0 aliphatic heterocycles. The molecule has 10 aromatic rings. The van der Waals surface area contributed by atoms with Crippen molar-refractivity contribution >= 4 is 0 Å². The van der Waals surface area contributed by atoms with E-state index in [2.05, 4.69) is 372 Å². The second kappa shape index (κ2) is 26.4. The maximum atomic E-state index is 9.25. The van der Waals surface area contributed by atoms with Crippen molar-refractivity contribution < 1.29 is 25.6 Å². The molecule has 5 heterocycles. The van der Waals surface area contributed by atoms with E-state index in [1.807, 2.05) is 0 Å². The summed E-state index contributed by atoms with van der Waals surface area (Å²) < 4.78 is 29.4. The van der Waals surface area contributed by atoms with Crippen LogP contribution in [0.3, 0.4) is 0 Å². The molecule has 3 fully saturated rings. The Bertz CT molecular complexity index is 5210. The molecule has 0 saturated heterocycles. The van der Waals surface area contributed by atoms with Crippen molar-refractivity contribution in [2.45, 2.75) is 245 Å². The van der Waals surface area contributed by atoms with Gasteiger partial charge in [-0.3, -0.25) is 0 Å². The molecule has 3 saturated carbocycles. The minimum Gasteiger partial charge on any atom is -0.201 e. The van der Waals surface area contributed by atoms with Crippen LogP contribution in [0.5, 0.6) is 0 Å². The minimum absolute atomic E-state index is 0.0142. The van der Waals surface area contributed by atoms with Crippen molar-refractivity contribution in [3.8, 4) is 56.3 Å². The number of aryl methyl sites for hydroxylation is 10. The zero-order chi connectivity index (χ0) is 77.1. The summed E-state index contributed by atoms with van der Waals surface area (Å²) in [4.78, 5) is 0.